The Morgan fingerprint density at radius 1 is 1.07 bits per heavy atom. The minimum absolute atomic E-state index is 0.223. The summed E-state index contributed by atoms with van der Waals surface area (Å²) in [6, 6.07) is 14.0. The number of anilines is 2. The van der Waals surface area contributed by atoms with Gasteiger partial charge in [0.25, 0.3) is 5.91 Å². The number of rotatable bonds is 6. The molecule has 218 valence electrons. The van der Waals surface area contributed by atoms with Crippen LogP contribution in [0.2, 0.25) is 0 Å². The summed E-state index contributed by atoms with van der Waals surface area (Å²) in [5, 5.41) is 4.03. The number of nitrogens with two attached hydrogens (primary N) is 1. The van der Waals surface area contributed by atoms with Gasteiger partial charge in [0, 0.05) is 63.0 Å². The Kier molecular flexibility index (Phi) is 7.35. The van der Waals surface area contributed by atoms with Crippen LogP contribution in [0, 0.1) is 5.41 Å². The Hall–Kier alpha value is -3.86. The smallest absolute Gasteiger partial charge is 0.274 e. The van der Waals surface area contributed by atoms with Gasteiger partial charge in [0.05, 0.1) is 5.39 Å². The van der Waals surface area contributed by atoms with E-state index in [0.717, 1.165) is 105 Å². The number of nitrogens with zero attached hydrogens (tertiary/aromatic N) is 5. The van der Waals surface area contributed by atoms with Crippen LogP contribution in [0.15, 0.2) is 55.0 Å². The van der Waals surface area contributed by atoms with E-state index in [1.54, 1.807) is 12.5 Å². The SMILES string of the molecule is N[C@@H]1CCCN(Cc2ccnc(C(=O)Nc3ccc(-c4cc5c(N6CCC7(CCOCC7)C6)ncnc5[nH]4)cc3)c2)C1. The number of aromatic nitrogens is 4. The minimum atomic E-state index is -0.224. The van der Waals surface area contributed by atoms with E-state index < -0.39 is 0 Å². The predicted molar refractivity (Wildman–Crippen MR) is 163 cm³/mol. The van der Waals surface area contributed by atoms with E-state index in [-0.39, 0.29) is 11.9 Å². The molecule has 10 nitrogen and oxygen atoms in total. The first-order valence-corrected chi connectivity index (χ1v) is 15.0. The number of piperidine rings is 1. The summed E-state index contributed by atoms with van der Waals surface area (Å²) in [4.78, 5) is 34.8. The van der Waals surface area contributed by atoms with Gasteiger partial charge in [-0.3, -0.25) is 14.7 Å². The number of carbonyl (C=O) groups excluding carboxylic acids is 1. The number of hydrogen-bond donors (Lipinski definition) is 3. The van der Waals surface area contributed by atoms with Crippen LogP contribution in [-0.2, 0) is 11.3 Å². The highest BCUT2D eigenvalue weighted by molar-refractivity contribution is 6.03. The molecule has 1 atom stereocenters. The molecule has 3 fully saturated rings. The second kappa shape index (κ2) is 11.4. The molecule has 1 spiro atoms. The first kappa shape index (κ1) is 27.0. The molecular weight excluding hydrogens is 528 g/mol. The van der Waals surface area contributed by atoms with Gasteiger partial charge in [-0.2, -0.15) is 0 Å². The average molecular weight is 567 g/mol. The molecule has 4 N–H and O–H groups in total. The van der Waals surface area contributed by atoms with Crippen molar-refractivity contribution in [3.05, 3.63) is 66.2 Å². The summed E-state index contributed by atoms with van der Waals surface area (Å²) in [5.74, 6) is 0.769. The number of ether oxygens (including phenoxy) is 1. The molecule has 0 radical (unpaired) electrons. The monoisotopic (exact) mass is 566 g/mol. The summed E-state index contributed by atoms with van der Waals surface area (Å²) in [6.07, 6.45) is 8.95. The van der Waals surface area contributed by atoms with Crippen LogP contribution in [0.4, 0.5) is 11.5 Å². The van der Waals surface area contributed by atoms with Crippen molar-refractivity contribution in [3.63, 3.8) is 0 Å². The molecule has 42 heavy (non-hydrogen) atoms. The molecular formula is C32H38N8O2. The average Bonchev–Trinajstić information content (AvgIpc) is 3.63. The van der Waals surface area contributed by atoms with Gasteiger partial charge in [-0.25, -0.2) is 9.97 Å². The molecule has 1 amide bonds. The Balaban J connectivity index is 1.03. The number of benzene rings is 1. The van der Waals surface area contributed by atoms with Crippen LogP contribution in [0.5, 0.6) is 0 Å². The maximum absolute atomic E-state index is 13.0. The Labute approximate surface area is 245 Å². The maximum atomic E-state index is 13.0. The predicted octanol–water partition coefficient (Wildman–Crippen LogP) is 4.20. The lowest BCUT2D eigenvalue weighted by Crippen LogP contribution is -2.42. The largest absolute Gasteiger partial charge is 0.381 e. The van der Waals surface area contributed by atoms with Gasteiger partial charge in [0.1, 0.15) is 23.5 Å². The van der Waals surface area contributed by atoms with Crippen molar-refractivity contribution in [2.24, 2.45) is 11.1 Å². The maximum Gasteiger partial charge on any atom is 0.274 e. The van der Waals surface area contributed by atoms with E-state index >= 15 is 0 Å². The molecule has 0 aliphatic carbocycles. The molecule has 3 aromatic heterocycles. The third-order valence-electron chi connectivity index (χ3n) is 9.15. The van der Waals surface area contributed by atoms with Gasteiger partial charge >= 0.3 is 0 Å². The fourth-order valence-electron chi connectivity index (χ4n) is 6.78. The molecule has 10 heteroatoms. The lowest BCUT2D eigenvalue weighted by molar-refractivity contribution is 0.0254. The number of carbonyl (C=O) groups is 1. The van der Waals surface area contributed by atoms with Gasteiger partial charge in [0.2, 0.25) is 0 Å². The van der Waals surface area contributed by atoms with Crippen LogP contribution in [0.25, 0.3) is 22.3 Å². The summed E-state index contributed by atoms with van der Waals surface area (Å²) >= 11 is 0. The lowest BCUT2D eigenvalue weighted by atomic mass is 9.80. The highest BCUT2D eigenvalue weighted by Gasteiger charge is 2.40. The summed E-state index contributed by atoms with van der Waals surface area (Å²) in [6.45, 7) is 6.42. The first-order valence-electron chi connectivity index (χ1n) is 15.0. The Bertz CT molecular complexity index is 1560. The van der Waals surface area contributed by atoms with Gasteiger partial charge in [-0.1, -0.05) is 12.1 Å². The number of amides is 1. The number of pyridine rings is 1. The number of nitrogens with one attached hydrogen (secondary N) is 2. The molecule has 0 saturated carbocycles. The molecule has 3 saturated heterocycles. The van der Waals surface area contributed by atoms with E-state index in [1.165, 1.54) is 6.42 Å². The zero-order valence-corrected chi connectivity index (χ0v) is 23.9. The normalized spacial score (nSPS) is 20.8. The van der Waals surface area contributed by atoms with Gasteiger partial charge in [0.15, 0.2) is 0 Å². The number of likely N-dealkylation sites (tertiary alicyclic amines) is 1. The molecule has 3 aliphatic rings. The molecule has 4 aromatic rings. The van der Waals surface area contributed by atoms with Crippen molar-refractivity contribution in [3.8, 4) is 11.3 Å². The van der Waals surface area contributed by atoms with Gasteiger partial charge in [-0.15, -0.1) is 0 Å². The fraction of sp³-hybridized carbons (Fsp3) is 0.438. The summed E-state index contributed by atoms with van der Waals surface area (Å²) in [7, 11) is 0. The molecule has 1 aromatic carbocycles. The Morgan fingerprint density at radius 2 is 1.93 bits per heavy atom. The topological polar surface area (TPSA) is 125 Å². The molecule has 0 bridgehead atoms. The highest BCUT2D eigenvalue weighted by atomic mass is 16.5. The lowest BCUT2D eigenvalue weighted by Gasteiger charge is -2.33. The van der Waals surface area contributed by atoms with E-state index in [4.69, 9.17) is 15.5 Å². The van der Waals surface area contributed by atoms with Crippen molar-refractivity contribution >= 4 is 28.4 Å². The van der Waals surface area contributed by atoms with E-state index in [2.05, 4.69) is 36.1 Å². The van der Waals surface area contributed by atoms with Crippen LogP contribution in [0.3, 0.4) is 0 Å². The standard InChI is InChI=1S/C32H38N8O2/c33-24-2-1-12-39(19-24)18-22-7-11-34-28(16-22)31(41)37-25-5-3-23(4-6-25)27-17-26-29(38-27)35-21-36-30(26)40-13-8-32(20-40)9-14-42-15-10-32/h3-7,11,16-17,21,24H,1-2,8-10,12-15,18-20,33H2,(H,37,41)(H,35,36,38)/t24-/m1/s1. The van der Waals surface area contributed by atoms with Crippen molar-refractivity contribution in [1.29, 1.82) is 0 Å². The highest BCUT2D eigenvalue weighted by Crippen LogP contribution is 2.42. The molecule has 6 heterocycles. The zero-order chi connectivity index (χ0) is 28.5. The van der Waals surface area contributed by atoms with Crippen molar-refractivity contribution in [2.75, 3.05) is 49.6 Å². The molecule has 0 unspecified atom stereocenters. The van der Waals surface area contributed by atoms with Gasteiger partial charge in [-0.05, 0) is 85.5 Å². The minimum Gasteiger partial charge on any atom is -0.381 e. The Morgan fingerprint density at radius 3 is 2.76 bits per heavy atom. The fourth-order valence-corrected chi connectivity index (χ4v) is 6.78. The quantitative estimate of drug-likeness (QED) is 0.317. The van der Waals surface area contributed by atoms with E-state index in [0.29, 0.717) is 16.8 Å². The van der Waals surface area contributed by atoms with Crippen molar-refractivity contribution < 1.29 is 9.53 Å². The van der Waals surface area contributed by atoms with Crippen LogP contribution >= 0.6 is 0 Å². The van der Waals surface area contributed by atoms with E-state index in [1.807, 2.05) is 36.4 Å². The zero-order valence-electron chi connectivity index (χ0n) is 23.9. The first-order chi connectivity index (χ1) is 20.5. The number of fused-ring (bicyclic) bond motifs is 1. The van der Waals surface area contributed by atoms with Gasteiger partial charge < -0.3 is 25.7 Å². The number of aromatic amines is 1. The number of H-pyrrole nitrogens is 1. The molecule has 3 aliphatic heterocycles. The van der Waals surface area contributed by atoms with Crippen LogP contribution in [-0.4, -0.2) is 76.2 Å². The summed E-state index contributed by atoms with van der Waals surface area (Å²) in [5.41, 5.74) is 11.5. The molecule has 7 rings (SSSR count). The third kappa shape index (κ3) is 5.62. The van der Waals surface area contributed by atoms with Crippen molar-refractivity contribution in [1.82, 2.24) is 24.8 Å². The van der Waals surface area contributed by atoms with Crippen LogP contribution < -0.4 is 16.0 Å². The third-order valence-corrected chi connectivity index (χ3v) is 9.15. The summed E-state index contributed by atoms with van der Waals surface area (Å²) < 4.78 is 5.62. The van der Waals surface area contributed by atoms with E-state index in [9.17, 15) is 4.79 Å². The van der Waals surface area contributed by atoms with Crippen LogP contribution in [0.1, 0.15) is 48.2 Å². The number of hydrogen-bond acceptors (Lipinski definition) is 8. The van der Waals surface area contributed by atoms with Crippen molar-refractivity contribution in [2.45, 2.75) is 44.7 Å². The second-order valence-corrected chi connectivity index (χ2v) is 12.1. The second-order valence-electron chi connectivity index (χ2n) is 12.1.